The average Bonchev–Trinajstić information content (AvgIpc) is 2.78. The van der Waals surface area contributed by atoms with Crippen LogP contribution in [0.1, 0.15) is 4.88 Å². The largest absolute Gasteiger partial charge is 0.379 e. The second-order valence-electron chi connectivity index (χ2n) is 3.78. The van der Waals surface area contributed by atoms with Crippen molar-refractivity contribution >= 4 is 27.3 Å². The first-order valence-corrected chi connectivity index (χ1v) is 6.70. The summed E-state index contributed by atoms with van der Waals surface area (Å²) in [5, 5.41) is 5.51. The molecular weight excluding hydrogens is 276 g/mol. The third-order valence-electron chi connectivity index (χ3n) is 2.63. The van der Waals surface area contributed by atoms with E-state index in [9.17, 15) is 0 Å². The quantitative estimate of drug-likeness (QED) is 0.885. The Labute approximate surface area is 102 Å². The van der Waals surface area contributed by atoms with Crippen molar-refractivity contribution in [3.63, 3.8) is 0 Å². The van der Waals surface area contributed by atoms with Crippen molar-refractivity contribution < 1.29 is 4.74 Å². The molecule has 1 saturated heterocycles. The lowest BCUT2D eigenvalue weighted by Gasteiger charge is -2.13. The van der Waals surface area contributed by atoms with E-state index < -0.39 is 0 Å². The molecular formula is C10H15BrN2OS. The Bertz CT molecular complexity index is 318. The Hall–Kier alpha value is 0.0600. The second kappa shape index (κ2) is 5.41. The fourth-order valence-electron chi connectivity index (χ4n) is 1.65. The second-order valence-corrected chi connectivity index (χ2v) is 5.64. The fraction of sp³-hybridized carbons (Fsp3) is 0.600. The van der Waals surface area contributed by atoms with Crippen molar-refractivity contribution in [1.29, 1.82) is 0 Å². The number of nitrogens with two attached hydrogens (primary N) is 1. The van der Waals surface area contributed by atoms with E-state index in [1.807, 2.05) is 0 Å². The minimum Gasteiger partial charge on any atom is -0.379 e. The van der Waals surface area contributed by atoms with Gasteiger partial charge in [-0.05, 0) is 27.4 Å². The zero-order valence-corrected chi connectivity index (χ0v) is 10.8. The smallest absolute Gasteiger partial charge is 0.0621 e. The molecule has 2 atom stereocenters. The summed E-state index contributed by atoms with van der Waals surface area (Å²) < 4.78 is 6.50. The van der Waals surface area contributed by atoms with Crippen LogP contribution in [0.4, 0.5) is 0 Å². The van der Waals surface area contributed by atoms with Gasteiger partial charge in [0.25, 0.3) is 0 Å². The van der Waals surface area contributed by atoms with E-state index >= 15 is 0 Å². The van der Waals surface area contributed by atoms with Crippen LogP contribution in [0.2, 0.25) is 0 Å². The molecule has 0 radical (unpaired) electrons. The van der Waals surface area contributed by atoms with E-state index in [1.54, 1.807) is 11.3 Å². The van der Waals surface area contributed by atoms with Gasteiger partial charge in [0.05, 0.1) is 13.2 Å². The molecule has 3 nitrogen and oxygen atoms in total. The molecule has 1 fully saturated rings. The SMILES string of the molecule is NC1COCC1CNCc1sccc1Br. The Morgan fingerprint density at radius 1 is 1.60 bits per heavy atom. The topological polar surface area (TPSA) is 47.3 Å². The van der Waals surface area contributed by atoms with E-state index in [2.05, 4.69) is 32.7 Å². The van der Waals surface area contributed by atoms with Crippen molar-refractivity contribution in [3.05, 3.63) is 20.8 Å². The summed E-state index contributed by atoms with van der Waals surface area (Å²) in [5.74, 6) is 0.462. The van der Waals surface area contributed by atoms with Crippen LogP contribution in [0.3, 0.4) is 0 Å². The van der Waals surface area contributed by atoms with Crippen LogP contribution in [-0.2, 0) is 11.3 Å². The summed E-state index contributed by atoms with van der Waals surface area (Å²) in [6.07, 6.45) is 0. The number of thiophene rings is 1. The predicted molar refractivity (Wildman–Crippen MR) is 66.0 cm³/mol. The zero-order chi connectivity index (χ0) is 10.7. The van der Waals surface area contributed by atoms with Crippen molar-refractivity contribution in [2.24, 2.45) is 11.7 Å². The van der Waals surface area contributed by atoms with Crippen LogP contribution >= 0.6 is 27.3 Å². The molecule has 0 spiro atoms. The standard InChI is InChI=1S/C10H15BrN2OS/c11-8-1-2-15-10(8)4-13-3-7-5-14-6-9(7)12/h1-2,7,9,13H,3-6,12H2. The highest BCUT2D eigenvalue weighted by Crippen LogP contribution is 2.22. The van der Waals surface area contributed by atoms with Crippen LogP contribution in [0.25, 0.3) is 0 Å². The van der Waals surface area contributed by atoms with E-state index in [0.717, 1.165) is 19.7 Å². The number of nitrogens with one attached hydrogen (secondary N) is 1. The van der Waals surface area contributed by atoms with E-state index in [1.165, 1.54) is 9.35 Å². The van der Waals surface area contributed by atoms with Gasteiger partial charge in [0.15, 0.2) is 0 Å². The Morgan fingerprint density at radius 3 is 3.07 bits per heavy atom. The first-order chi connectivity index (χ1) is 7.27. The van der Waals surface area contributed by atoms with Gasteiger partial charge in [-0.2, -0.15) is 0 Å². The van der Waals surface area contributed by atoms with Crippen LogP contribution in [-0.4, -0.2) is 25.8 Å². The van der Waals surface area contributed by atoms with Crippen LogP contribution < -0.4 is 11.1 Å². The molecule has 2 unspecified atom stereocenters. The number of hydrogen-bond donors (Lipinski definition) is 2. The molecule has 2 rings (SSSR count). The lowest BCUT2D eigenvalue weighted by atomic mass is 10.1. The van der Waals surface area contributed by atoms with Gasteiger partial charge in [0, 0.05) is 34.4 Å². The summed E-state index contributed by atoms with van der Waals surface area (Å²) in [7, 11) is 0. The lowest BCUT2D eigenvalue weighted by molar-refractivity contribution is 0.184. The number of rotatable bonds is 4. The monoisotopic (exact) mass is 290 g/mol. The van der Waals surface area contributed by atoms with Crippen LogP contribution in [0, 0.1) is 5.92 Å². The van der Waals surface area contributed by atoms with E-state index in [-0.39, 0.29) is 6.04 Å². The number of hydrogen-bond acceptors (Lipinski definition) is 4. The van der Waals surface area contributed by atoms with Gasteiger partial charge in [-0.3, -0.25) is 0 Å². The summed E-state index contributed by atoms with van der Waals surface area (Å²) in [4.78, 5) is 1.34. The van der Waals surface area contributed by atoms with Gasteiger partial charge in [-0.15, -0.1) is 11.3 Å². The van der Waals surface area contributed by atoms with Gasteiger partial charge >= 0.3 is 0 Å². The highest BCUT2D eigenvalue weighted by atomic mass is 79.9. The zero-order valence-electron chi connectivity index (χ0n) is 8.41. The molecule has 0 amide bonds. The molecule has 1 aromatic rings. The molecule has 0 saturated carbocycles. The van der Waals surface area contributed by atoms with Gasteiger partial charge in [-0.1, -0.05) is 0 Å². The van der Waals surface area contributed by atoms with Crippen molar-refractivity contribution in [2.45, 2.75) is 12.6 Å². The highest BCUT2D eigenvalue weighted by molar-refractivity contribution is 9.10. The van der Waals surface area contributed by atoms with Gasteiger partial charge < -0.3 is 15.8 Å². The third kappa shape index (κ3) is 3.01. The van der Waals surface area contributed by atoms with Crippen molar-refractivity contribution in [1.82, 2.24) is 5.32 Å². The average molecular weight is 291 g/mol. The van der Waals surface area contributed by atoms with Crippen LogP contribution in [0.5, 0.6) is 0 Å². The molecule has 1 aliphatic rings. The first kappa shape index (κ1) is 11.5. The Kier molecular flexibility index (Phi) is 4.16. The molecule has 15 heavy (non-hydrogen) atoms. The minimum absolute atomic E-state index is 0.198. The lowest BCUT2D eigenvalue weighted by Crippen LogP contribution is -2.35. The molecule has 1 aliphatic heterocycles. The minimum atomic E-state index is 0.198. The summed E-state index contributed by atoms with van der Waals surface area (Å²) in [5.41, 5.74) is 5.90. The first-order valence-electron chi connectivity index (χ1n) is 5.03. The van der Waals surface area contributed by atoms with Crippen molar-refractivity contribution in [3.8, 4) is 0 Å². The molecule has 0 aromatic carbocycles. The Morgan fingerprint density at radius 2 is 2.47 bits per heavy atom. The van der Waals surface area contributed by atoms with Crippen LogP contribution in [0.15, 0.2) is 15.9 Å². The molecule has 0 bridgehead atoms. The maximum atomic E-state index is 5.90. The maximum Gasteiger partial charge on any atom is 0.0621 e. The Balaban J connectivity index is 1.73. The molecule has 3 N–H and O–H groups in total. The summed E-state index contributed by atoms with van der Waals surface area (Å²) in [6, 6.07) is 2.27. The fourth-order valence-corrected chi connectivity index (χ4v) is 3.11. The molecule has 2 heterocycles. The molecule has 84 valence electrons. The summed E-state index contributed by atoms with van der Waals surface area (Å²) >= 11 is 5.27. The number of ether oxygens (including phenoxy) is 1. The van der Waals surface area contributed by atoms with Gasteiger partial charge in [0.1, 0.15) is 0 Å². The summed E-state index contributed by atoms with van der Waals surface area (Å²) in [6.45, 7) is 3.34. The third-order valence-corrected chi connectivity index (χ3v) is 4.56. The molecule has 1 aromatic heterocycles. The van der Waals surface area contributed by atoms with E-state index in [4.69, 9.17) is 10.5 Å². The molecule has 0 aliphatic carbocycles. The predicted octanol–water partition coefficient (Wildman–Crippen LogP) is 1.57. The highest BCUT2D eigenvalue weighted by Gasteiger charge is 2.24. The van der Waals surface area contributed by atoms with Crippen molar-refractivity contribution in [2.75, 3.05) is 19.8 Å². The number of halogens is 1. The van der Waals surface area contributed by atoms with Gasteiger partial charge in [-0.25, -0.2) is 0 Å². The van der Waals surface area contributed by atoms with Gasteiger partial charge in [0.2, 0.25) is 0 Å². The molecule has 5 heteroatoms. The normalized spacial score (nSPS) is 26.0. The maximum absolute atomic E-state index is 5.90. The van der Waals surface area contributed by atoms with E-state index in [0.29, 0.717) is 12.5 Å².